The van der Waals surface area contributed by atoms with E-state index in [2.05, 4.69) is 5.32 Å². The zero-order valence-electron chi connectivity index (χ0n) is 12.8. The number of benzene rings is 1. The van der Waals surface area contributed by atoms with Gasteiger partial charge in [-0.05, 0) is 31.9 Å². The minimum atomic E-state index is -0.358. The molecule has 2 rings (SSSR count). The summed E-state index contributed by atoms with van der Waals surface area (Å²) >= 11 is 0. The minimum absolute atomic E-state index is 0.111. The second-order valence-corrected chi connectivity index (χ2v) is 5.25. The monoisotopic (exact) mass is 304 g/mol. The van der Waals surface area contributed by atoms with Crippen molar-refractivity contribution >= 4 is 18.1 Å². The van der Waals surface area contributed by atoms with Gasteiger partial charge in [0.1, 0.15) is 12.0 Å². The van der Waals surface area contributed by atoms with Crippen LogP contribution in [0.4, 0.5) is 0 Å². The zero-order chi connectivity index (χ0) is 16.1. The average molecular weight is 304 g/mol. The van der Waals surface area contributed by atoms with E-state index in [9.17, 15) is 14.4 Å². The van der Waals surface area contributed by atoms with Gasteiger partial charge in [-0.15, -0.1) is 0 Å². The van der Waals surface area contributed by atoms with Crippen molar-refractivity contribution in [3.8, 4) is 5.75 Å². The van der Waals surface area contributed by atoms with Gasteiger partial charge in [0.15, 0.2) is 0 Å². The number of amides is 2. The summed E-state index contributed by atoms with van der Waals surface area (Å²) in [4.78, 5) is 36.7. The lowest BCUT2D eigenvalue weighted by Crippen LogP contribution is -2.43. The maximum atomic E-state index is 12.2. The smallest absolute Gasteiger partial charge is 0.252 e. The highest BCUT2D eigenvalue weighted by molar-refractivity contribution is 5.98. The lowest BCUT2D eigenvalue weighted by atomic mass is 10.1. The summed E-state index contributed by atoms with van der Waals surface area (Å²) in [6.07, 6.45) is 2.30. The normalized spacial score (nSPS) is 17.2. The van der Waals surface area contributed by atoms with Crippen LogP contribution in [0.1, 0.15) is 28.8 Å². The number of hydrogen-bond acceptors (Lipinski definition) is 4. The molecule has 0 bridgehead atoms. The topological polar surface area (TPSA) is 75.7 Å². The first-order chi connectivity index (χ1) is 10.6. The molecule has 1 aromatic rings. The van der Waals surface area contributed by atoms with E-state index < -0.39 is 0 Å². The lowest BCUT2D eigenvalue weighted by molar-refractivity contribution is -0.133. The van der Waals surface area contributed by atoms with Crippen LogP contribution in [0.2, 0.25) is 0 Å². The minimum Gasteiger partial charge on any atom is -0.496 e. The predicted molar refractivity (Wildman–Crippen MR) is 80.9 cm³/mol. The van der Waals surface area contributed by atoms with E-state index in [-0.39, 0.29) is 24.4 Å². The number of likely N-dealkylation sites (tertiary alicyclic amines) is 1. The molecule has 6 nitrogen and oxygen atoms in total. The number of hydrogen-bond donors (Lipinski definition) is 1. The summed E-state index contributed by atoms with van der Waals surface area (Å²) in [5.41, 5.74) is 1.20. The molecule has 22 heavy (non-hydrogen) atoms. The Balaban J connectivity index is 1.98. The first-order valence-electron chi connectivity index (χ1n) is 7.25. The van der Waals surface area contributed by atoms with Gasteiger partial charge >= 0.3 is 0 Å². The summed E-state index contributed by atoms with van der Waals surface area (Å²) < 4.78 is 5.18. The number of ether oxygens (including phenoxy) is 1. The Morgan fingerprint density at radius 3 is 2.91 bits per heavy atom. The van der Waals surface area contributed by atoms with E-state index >= 15 is 0 Å². The fraction of sp³-hybridized carbons (Fsp3) is 0.438. The number of nitrogens with one attached hydrogen (secondary N) is 1. The fourth-order valence-electron chi connectivity index (χ4n) is 2.68. The number of methoxy groups -OCH3 is 1. The van der Waals surface area contributed by atoms with Crippen molar-refractivity contribution in [2.75, 3.05) is 20.2 Å². The van der Waals surface area contributed by atoms with Crippen molar-refractivity contribution in [3.05, 3.63) is 29.3 Å². The second-order valence-electron chi connectivity index (χ2n) is 5.25. The molecule has 0 radical (unpaired) electrons. The molecular weight excluding hydrogens is 284 g/mol. The molecule has 0 aliphatic carbocycles. The molecule has 1 aliphatic heterocycles. The highest BCUT2D eigenvalue weighted by atomic mass is 16.5. The summed E-state index contributed by atoms with van der Waals surface area (Å²) in [5, 5.41) is 2.61. The molecule has 6 heteroatoms. The van der Waals surface area contributed by atoms with Crippen molar-refractivity contribution in [2.24, 2.45) is 0 Å². The van der Waals surface area contributed by atoms with Crippen LogP contribution < -0.4 is 10.1 Å². The summed E-state index contributed by atoms with van der Waals surface area (Å²) in [6, 6.07) is 4.83. The average Bonchev–Trinajstić information content (AvgIpc) is 3.01. The van der Waals surface area contributed by atoms with Crippen LogP contribution in [0.15, 0.2) is 18.2 Å². The van der Waals surface area contributed by atoms with Crippen LogP contribution in [0.3, 0.4) is 0 Å². The molecule has 1 fully saturated rings. The van der Waals surface area contributed by atoms with Crippen LogP contribution in [-0.4, -0.2) is 49.2 Å². The zero-order valence-corrected chi connectivity index (χ0v) is 12.8. The molecule has 0 aromatic heterocycles. The highest BCUT2D eigenvalue weighted by Gasteiger charge is 2.28. The molecule has 1 saturated heterocycles. The van der Waals surface area contributed by atoms with Gasteiger partial charge in [0.05, 0.1) is 19.7 Å². The molecule has 0 spiro atoms. The maximum Gasteiger partial charge on any atom is 0.252 e. The van der Waals surface area contributed by atoms with Crippen LogP contribution in [-0.2, 0) is 9.59 Å². The summed E-state index contributed by atoms with van der Waals surface area (Å²) in [6.45, 7) is 2.24. The van der Waals surface area contributed by atoms with Crippen LogP contribution in [0.25, 0.3) is 0 Å². The molecule has 1 aliphatic rings. The van der Waals surface area contributed by atoms with Crippen molar-refractivity contribution in [1.82, 2.24) is 10.2 Å². The van der Waals surface area contributed by atoms with Crippen molar-refractivity contribution < 1.29 is 19.1 Å². The quantitative estimate of drug-likeness (QED) is 0.821. The van der Waals surface area contributed by atoms with Gasteiger partial charge in [0.25, 0.3) is 5.91 Å². The maximum absolute atomic E-state index is 12.2. The number of nitrogens with zero attached hydrogens (tertiary/aromatic N) is 1. The molecule has 1 atom stereocenters. The third-order valence-corrected chi connectivity index (χ3v) is 3.93. The largest absolute Gasteiger partial charge is 0.496 e. The van der Waals surface area contributed by atoms with E-state index in [4.69, 9.17) is 4.74 Å². The number of carbonyl (C=O) groups is 3. The summed E-state index contributed by atoms with van der Waals surface area (Å²) in [5.74, 6) is 0.0645. The molecule has 0 saturated carbocycles. The summed E-state index contributed by atoms with van der Waals surface area (Å²) in [7, 11) is 1.54. The van der Waals surface area contributed by atoms with Crippen molar-refractivity contribution in [2.45, 2.75) is 25.8 Å². The Morgan fingerprint density at radius 1 is 1.45 bits per heavy atom. The van der Waals surface area contributed by atoms with Crippen LogP contribution in [0, 0.1) is 6.92 Å². The molecule has 1 aromatic carbocycles. The van der Waals surface area contributed by atoms with Crippen molar-refractivity contribution in [1.29, 1.82) is 0 Å². The van der Waals surface area contributed by atoms with Gasteiger partial charge < -0.3 is 19.7 Å². The van der Waals surface area contributed by atoms with Gasteiger partial charge in [-0.3, -0.25) is 9.59 Å². The predicted octanol–water partition coefficient (Wildman–Crippen LogP) is 0.923. The van der Waals surface area contributed by atoms with E-state index in [1.807, 2.05) is 0 Å². The standard InChI is InChI=1S/C16H20N2O4/c1-11-13(6-3-7-14(11)22-2)16(21)17-9-15(20)18-8-4-5-12(18)10-19/h3,6-7,10,12H,4-5,8-9H2,1-2H3,(H,17,21)/t12-/m0/s1. The third-order valence-electron chi connectivity index (χ3n) is 3.93. The molecule has 0 unspecified atom stereocenters. The number of carbonyl (C=O) groups excluding carboxylic acids is 3. The van der Waals surface area contributed by atoms with Gasteiger partial charge in [-0.1, -0.05) is 6.07 Å². The van der Waals surface area contributed by atoms with E-state index in [0.717, 1.165) is 18.3 Å². The first kappa shape index (κ1) is 16.0. The van der Waals surface area contributed by atoms with E-state index in [1.165, 1.54) is 4.90 Å². The third kappa shape index (κ3) is 3.27. The number of rotatable bonds is 5. The van der Waals surface area contributed by atoms with E-state index in [1.54, 1.807) is 32.2 Å². The van der Waals surface area contributed by atoms with E-state index in [0.29, 0.717) is 24.3 Å². The van der Waals surface area contributed by atoms with Crippen LogP contribution in [0.5, 0.6) is 5.75 Å². The second kappa shape index (κ2) is 7.06. The Hall–Kier alpha value is -2.37. The fourth-order valence-corrected chi connectivity index (χ4v) is 2.68. The Bertz CT molecular complexity index is 586. The molecule has 2 amide bonds. The Morgan fingerprint density at radius 2 is 2.23 bits per heavy atom. The van der Waals surface area contributed by atoms with Gasteiger partial charge in [0.2, 0.25) is 5.91 Å². The highest BCUT2D eigenvalue weighted by Crippen LogP contribution is 2.20. The molecular formula is C16H20N2O4. The first-order valence-corrected chi connectivity index (χ1v) is 7.25. The Labute approximate surface area is 129 Å². The SMILES string of the molecule is COc1cccc(C(=O)NCC(=O)N2CCC[C@H]2C=O)c1C. The van der Waals surface area contributed by atoms with Crippen molar-refractivity contribution in [3.63, 3.8) is 0 Å². The van der Waals surface area contributed by atoms with Gasteiger partial charge in [-0.25, -0.2) is 0 Å². The lowest BCUT2D eigenvalue weighted by Gasteiger charge is -2.20. The van der Waals surface area contributed by atoms with Gasteiger partial charge in [-0.2, -0.15) is 0 Å². The Kier molecular flexibility index (Phi) is 5.14. The van der Waals surface area contributed by atoms with Gasteiger partial charge in [0, 0.05) is 17.7 Å². The number of aldehydes is 1. The molecule has 1 N–H and O–H groups in total. The molecule has 118 valence electrons. The van der Waals surface area contributed by atoms with Crippen LogP contribution >= 0.6 is 0 Å². The molecule has 1 heterocycles.